The summed E-state index contributed by atoms with van der Waals surface area (Å²) < 4.78 is 0. The average Bonchev–Trinajstić information content (AvgIpc) is 2.39. The van der Waals surface area contributed by atoms with Crippen LogP contribution in [0.1, 0.15) is 15.9 Å². The van der Waals surface area contributed by atoms with Crippen LogP contribution in [0.5, 0.6) is 0 Å². The van der Waals surface area contributed by atoms with Gasteiger partial charge in [0.05, 0.1) is 0 Å². The number of nitrogens with zero attached hydrogens (tertiary/aromatic N) is 2. The number of pyridine rings is 2. The Morgan fingerprint density at radius 2 is 2.06 bits per heavy atom. The molecule has 2 aromatic heterocycles. The molecular formula is C12H10ClN3O. The van der Waals surface area contributed by atoms with E-state index in [1.165, 1.54) is 6.20 Å². The summed E-state index contributed by atoms with van der Waals surface area (Å²) in [5.74, 6) is 0.713. The van der Waals surface area contributed by atoms with Crippen molar-refractivity contribution in [1.82, 2.24) is 9.97 Å². The molecule has 0 aromatic carbocycles. The van der Waals surface area contributed by atoms with Crippen LogP contribution in [0.15, 0.2) is 36.7 Å². The first-order valence-corrected chi connectivity index (χ1v) is 5.41. The van der Waals surface area contributed by atoms with Crippen molar-refractivity contribution in [3.05, 3.63) is 52.9 Å². The summed E-state index contributed by atoms with van der Waals surface area (Å²) in [5, 5.41) is 3.60. The second-order valence-electron chi connectivity index (χ2n) is 3.44. The molecule has 86 valence electrons. The van der Waals surface area contributed by atoms with Crippen molar-refractivity contribution in [2.45, 2.75) is 6.54 Å². The zero-order valence-corrected chi connectivity index (χ0v) is 9.69. The molecule has 2 rings (SSSR count). The number of aldehydes is 1. The van der Waals surface area contributed by atoms with E-state index in [2.05, 4.69) is 15.3 Å². The number of rotatable bonds is 4. The van der Waals surface area contributed by atoms with Gasteiger partial charge < -0.3 is 5.32 Å². The Balaban J connectivity index is 1.97. The van der Waals surface area contributed by atoms with Crippen LogP contribution in [-0.2, 0) is 6.54 Å². The van der Waals surface area contributed by atoms with Gasteiger partial charge in [0.15, 0.2) is 6.29 Å². The first kappa shape index (κ1) is 11.5. The lowest BCUT2D eigenvalue weighted by Crippen LogP contribution is -2.01. The number of hydrogen-bond donors (Lipinski definition) is 1. The summed E-state index contributed by atoms with van der Waals surface area (Å²) in [6.07, 6.45) is 3.99. The van der Waals surface area contributed by atoms with Gasteiger partial charge in [-0.15, -0.1) is 0 Å². The summed E-state index contributed by atoms with van der Waals surface area (Å²) >= 11 is 5.69. The van der Waals surface area contributed by atoms with Gasteiger partial charge >= 0.3 is 0 Å². The van der Waals surface area contributed by atoms with Crippen molar-refractivity contribution < 1.29 is 4.79 Å². The predicted molar refractivity (Wildman–Crippen MR) is 66.2 cm³/mol. The summed E-state index contributed by atoms with van der Waals surface area (Å²) in [4.78, 5) is 18.5. The van der Waals surface area contributed by atoms with Crippen LogP contribution in [0.25, 0.3) is 0 Å². The summed E-state index contributed by atoms with van der Waals surface area (Å²) in [6, 6.07) is 7.10. The molecule has 0 aliphatic heterocycles. The van der Waals surface area contributed by atoms with Gasteiger partial charge in [-0.05, 0) is 23.8 Å². The predicted octanol–water partition coefficient (Wildman–Crippen LogP) is 2.55. The lowest BCUT2D eigenvalue weighted by atomic mass is 10.3. The molecule has 0 saturated heterocycles. The molecule has 17 heavy (non-hydrogen) atoms. The summed E-state index contributed by atoms with van der Waals surface area (Å²) in [5.41, 5.74) is 1.57. The number of carbonyl (C=O) groups excluding carboxylic acids is 1. The van der Waals surface area contributed by atoms with Crippen LogP contribution >= 0.6 is 11.6 Å². The monoisotopic (exact) mass is 247 g/mol. The van der Waals surface area contributed by atoms with Gasteiger partial charge in [-0.2, -0.15) is 0 Å². The third-order valence-electron chi connectivity index (χ3n) is 2.18. The first-order valence-electron chi connectivity index (χ1n) is 5.03. The molecule has 0 atom stereocenters. The number of hydrogen-bond acceptors (Lipinski definition) is 4. The van der Waals surface area contributed by atoms with Gasteiger partial charge in [-0.3, -0.25) is 4.79 Å². The van der Waals surface area contributed by atoms with Crippen molar-refractivity contribution in [2.75, 3.05) is 5.32 Å². The standard InChI is InChI=1S/C12H10ClN3O/c13-11-3-1-9(5-14-11)6-15-12-4-2-10(8-17)7-16-12/h1-5,7-8H,6H2,(H,15,16). The van der Waals surface area contributed by atoms with Crippen LogP contribution < -0.4 is 5.32 Å². The molecule has 0 aliphatic carbocycles. The average molecular weight is 248 g/mol. The summed E-state index contributed by atoms with van der Waals surface area (Å²) in [6.45, 7) is 0.609. The van der Waals surface area contributed by atoms with E-state index in [4.69, 9.17) is 11.6 Å². The van der Waals surface area contributed by atoms with Crippen molar-refractivity contribution in [1.29, 1.82) is 0 Å². The van der Waals surface area contributed by atoms with E-state index in [1.54, 1.807) is 24.4 Å². The molecule has 0 spiro atoms. The van der Waals surface area contributed by atoms with Crippen LogP contribution in [-0.4, -0.2) is 16.3 Å². The highest BCUT2D eigenvalue weighted by atomic mass is 35.5. The van der Waals surface area contributed by atoms with Crippen LogP contribution in [0.2, 0.25) is 5.15 Å². The van der Waals surface area contributed by atoms with E-state index in [-0.39, 0.29) is 0 Å². The minimum atomic E-state index is 0.474. The molecule has 0 radical (unpaired) electrons. The quantitative estimate of drug-likeness (QED) is 0.666. The van der Waals surface area contributed by atoms with Crippen molar-refractivity contribution in [3.8, 4) is 0 Å². The fourth-order valence-electron chi connectivity index (χ4n) is 1.28. The molecule has 0 aliphatic rings. The van der Waals surface area contributed by atoms with Crippen LogP contribution in [0.4, 0.5) is 5.82 Å². The molecule has 4 nitrogen and oxygen atoms in total. The van der Waals surface area contributed by atoms with Crippen molar-refractivity contribution >= 4 is 23.7 Å². The van der Waals surface area contributed by atoms with E-state index in [1.807, 2.05) is 6.07 Å². The Labute approximate surface area is 104 Å². The lowest BCUT2D eigenvalue weighted by Gasteiger charge is -2.05. The third kappa shape index (κ3) is 3.26. The molecular weight excluding hydrogens is 238 g/mol. The third-order valence-corrected chi connectivity index (χ3v) is 2.41. The number of carbonyl (C=O) groups is 1. The maximum atomic E-state index is 10.4. The van der Waals surface area contributed by atoms with E-state index in [0.29, 0.717) is 23.1 Å². The highest BCUT2D eigenvalue weighted by Gasteiger charge is 1.97. The largest absolute Gasteiger partial charge is 0.366 e. The van der Waals surface area contributed by atoms with E-state index in [0.717, 1.165) is 11.8 Å². The van der Waals surface area contributed by atoms with Crippen LogP contribution in [0, 0.1) is 0 Å². The number of halogens is 1. The molecule has 2 aromatic rings. The Bertz CT molecular complexity index is 496. The molecule has 0 saturated carbocycles. The lowest BCUT2D eigenvalue weighted by molar-refractivity contribution is 0.112. The van der Waals surface area contributed by atoms with Crippen molar-refractivity contribution in [3.63, 3.8) is 0 Å². The zero-order chi connectivity index (χ0) is 12.1. The second-order valence-corrected chi connectivity index (χ2v) is 3.82. The zero-order valence-electron chi connectivity index (χ0n) is 8.93. The topological polar surface area (TPSA) is 54.9 Å². The summed E-state index contributed by atoms with van der Waals surface area (Å²) in [7, 11) is 0. The second kappa shape index (κ2) is 5.41. The Morgan fingerprint density at radius 3 is 2.65 bits per heavy atom. The molecule has 0 bridgehead atoms. The minimum Gasteiger partial charge on any atom is -0.366 e. The Hall–Kier alpha value is -1.94. The van der Waals surface area contributed by atoms with Gasteiger partial charge in [-0.25, -0.2) is 9.97 Å². The minimum absolute atomic E-state index is 0.474. The highest BCUT2D eigenvalue weighted by Crippen LogP contribution is 2.08. The van der Waals surface area contributed by atoms with Gasteiger partial charge in [0, 0.05) is 24.5 Å². The van der Waals surface area contributed by atoms with Crippen molar-refractivity contribution in [2.24, 2.45) is 0 Å². The number of anilines is 1. The SMILES string of the molecule is O=Cc1ccc(NCc2ccc(Cl)nc2)nc1. The molecule has 5 heteroatoms. The van der Waals surface area contributed by atoms with Gasteiger partial charge in [0.2, 0.25) is 0 Å². The molecule has 2 heterocycles. The normalized spacial score (nSPS) is 9.94. The molecule has 0 unspecified atom stereocenters. The van der Waals surface area contributed by atoms with E-state index < -0.39 is 0 Å². The fraction of sp³-hybridized carbons (Fsp3) is 0.0833. The van der Waals surface area contributed by atoms with Gasteiger partial charge in [0.25, 0.3) is 0 Å². The Kier molecular flexibility index (Phi) is 3.67. The van der Waals surface area contributed by atoms with Gasteiger partial charge in [0.1, 0.15) is 11.0 Å². The van der Waals surface area contributed by atoms with E-state index >= 15 is 0 Å². The smallest absolute Gasteiger partial charge is 0.151 e. The maximum Gasteiger partial charge on any atom is 0.151 e. The molecule has 1 N–H and O–H groups in total. The maximum absolute atomic E-state index is 10.4. The van der Waals surface area contributed by atoms with Crippen LogP contribution in [0.3, 0.4) is 0 Å². The fourth-order valence-corrected chi connectivity index (χ4v) is 1.40. The molecule has 0 fully saturated rings. The molecule has 0 amide bonds. The number of aromatic nitrogens is 2. The first-order chi connectivity index (χ1) is 8.28. The number of nitrogens with one attached hydrogen (secondary N) is 1. The van der Waals surface area contributed by atoms with Gasteiger partial charge in [-0.1, -0.05) is 17.7 Å². The Morgan fingerprint density at radius 1 is 1.18 bits per heavy atom. The highest BCUT2D eigenvalue weighted by molar-refractivity contribution is 6.29. The van der Waals surface area contributed by atoms with E-state index in [9.17, 15) is 4.79 Å².